The smallest absolute Gasteiger partial charge is 0.270 e. The van der Waals surface area contributed by atoms with Crippen LogP contribution in [0.25, 0.3) is 5.69 Å². The molecule has 0 aliphatic carbocycles. The molecule has 0 atom stereocenters. The van der Waals surface area contributed by atoms with Crippen molar-refractivity contribution >= 4 is 29.0 Å². The van der Waals surface area contributed by atoms with Crippen molar-refractivity contribution in [1.82, 2.24) is 25.1 Å². The van der Waals surface area contributed by atoms with Crippen molar-refractivity contribution in [2.45, 2.75) is 24.3 Å². The zero-order chi connectivity index (χ0) is 23.0. The summed E-state index contributed by atoms with van der Waals surface area (Å²) in [6.07, 6.45) is 0.686. The molecule has 0 aliphatic rings. The third-order valence-corrected chi connectivity index (χ3v) is 6.87. The molecular weight excluding hydrogens is 454 g/mol. The van der Waals surface area contributed by atoms with Crippen molar-refractivity contribution in [3.63, 3.8) is 0 Å². The van der Waals surface area contributed by atoms with E-state index in [1.165, 1.54) is 22.5 Å². The maximum Gasteiger partial charge on any atom is 0.270 e. The lowest BCUT2D eigenvalue weighted by molar-refractivity contribution is 0.0932. The Morgan fingerprint density at radius 2 is 1.91 bits per heavy atom. The number of hydrogen-bond donors (Lipinski definition) is 1. The summed E-state index contributed by atoms with van der Waals surface area (Å²) in [5, 5.41) is 15.2. The fourth-order valence-corrected chi connectivity index (χ4v) is 4.97. The molecule has 170 valence electrons. The van der Waals surface area contributed by atoms with Crippen molar-refractivity contribution in [3.8, 4) is 5.69 Å². The first-order chi connectivity index (χ1) is 16.1. The molecule has 0 saturated heterocycles. The van der Waals surface area contributed by atoms with Crippen LogP contribution >= 0.6 is 23.1 Å². The Morgan fingerprint density at radius 1 is 1.12 bits per heavy atom. The van der Waals surface area contributed by atoms with Gasteiger partial charge >= 0.3 is 0 Å². The number of nitrogens with zero attached hydrogens (tertiary/aromatic N) is 4. The highest BCUT2D eigenvalue weighted by Gasteiger charge is 2.17. The summed E-state index contributed by atoms with van der Waals surface area (Å²) in [5.74, 6) is 1.29. The largest absolute Gasteiger partial charge is 0.383 e. The first-order valence-corrected chi connectivity index (χ1v) is 12.4. The van der Waals surface area contributed by atoms with E-state index < -0.39 is 0 Å². The van der Waals surface area contributed by atoms with Crippen LogP contribution in [0.1, 0.15) is 32.4 Å². The zero-order valence-corrected chi connectivity index (χ0v) is 20.2. The number of carbonyl (C=O) groups excluding carboxylic acids is 1. The topological polar surface area (TPSA) is 81.9 Å². The number of thioether (sulfide) groups is 1. The van der Waals surface area contributed by atoms with E-state index in [0.717, 1.165) is 21.7 Å². The SMILES string of the molecule is COCCNC(=O)c1csc(CSc2nnc(Cc3ccccc3)n2-c2ccc(C)cc2)n1. The molecule has 0 unspecified atom stereocenters. The van der Waals surface area contributed by atoms with E-state index >= 15 is 0 Å². The van der Waals surface area contributed by atoms with Gasteiger partial charge in [-0.2, -0.15) is 0 Å². The molecule has 2 aromatic heterocycles. The van der Waals surface area contributed by atoms with Crippen LogP contribution < -0.4 is 5.32 Å². The molecule has 0 saturated carbocycles. The lowest BCUT2D eigenvalue weighted by Gasteiger charge is -2.10. The Kier molecular flexibility index (Phi) is 7.87. The third kappa shape index (κ3) is 6.07. The molecule has 1 N–H and O–H groups in total. The second-order valence-corrected chi connectivity index (χ2v) is 9.28. The molecule has 4 rings (SSSR count). The number of nitrogens with one attached hydrogen (secondary N) is 1. The maximum atomic E-state index is 12.2. The van der Waals surface area contributed by atoms with Crippen molar-refractivity contribution in [3.05, 3.63) is 87.6 Å². The van der Waals surface area contributed by atoms with E-state index in [-0.39, 0.29) is 5.91 Å². The number of aromatic nitrogens is 4. The van der Waals surface area contributed by atoms with E-state index in [9.17, 15) is 4.79 Å². The summed E-state index contributed by atoms with van der Waals surface area (Å²) >= 11 is 3.03. The van der Waals surface area contributed by atoms with Gasteiger partial charge in [-0.25, -0.2) is 4.98 Å². The maximum absolute atomic E-state index is 12.2. The molecule has 2 heterocycles. The lowest BCUT2D eigenvalue weighted by atomic mass is 10.1. The number of ether oxygens (including phenoxy) is 1. The molecule has 1 amide bonds. The Balaban J connectivity index is 1.52. The molecule has 33 heavy (non-hydrogen) atoms. The van der Waals surface area contributed by atoms with Crippen LogP contribution in [0.2, 0.25) is 0 Å². The second-order valence-electron chi connectivity index (χ2n) is 7.40. The summed E-state index contributed by atoms with van der Waals surface area (Å²) in [6.45, 7) is 3.00. The summed E-state index contributed by atoms with van der Waals surface area (Å²) < 4.78 is 7.06. The molecule has 0 radical (unpaired) electrons. The summed E-state index contributed by atoms with van der Waals surface area (Å²) in [4.78, 5) is 16.7. The summed E-state index contributed by atoms with van der Waals surface area (Å²) in [5.41, 5.74) is 3.83. The van der Waals surface area contributed by atoms with E-state index in [2.05, 4.69) is 68.4 Å². The number of amides is 1. The number of hydrogen-bond acceptors (Lipinski definition) is 7. The molecule has 9 heteroatoms. The van der Waals surface area contributed by atoms with Crippen LogP contribution in [0.5, 0.6) is 0 Å². The molecule has 0 aliphatic heterocycles. The standard InChI is InChI=1S/C24H25N5O2S2/c1-17-8-10-19(11-9-17)29-21(14-18-6-4-3-5-7-18)27-28-24(29)33-16-22-26-20(15-32-22)23(30)25-12-13-31-2/h3-11,15H,12-14,16H2,1-2H3,(H,25,30). The Bertz CT molecular complexity index is 1190. The van der Waals surface area contributed by atoms with E-state index in [4.69, 9.17) is 4.74 Å². The fraction of sp³-hybridized carbons (Fsp3) is 0.250. The van der Waals surface area contributed by atoms with Gasteiger partial charge in [0.15, 0.2) is 5.16 Å². The second kappa shape index (κ2) is 11.2. The highest BCUT2D eigenvalue weighted by molar-refractivity contribution is 7.98. The molecular formula is C24H25N5O2S2. The molecule has 2 aromatic carbocycles. The van der Waals surface area contributed by atoms with Crippen LogP contribution in [-0.2, 0) is 16.9 Å². The van der Waals surface area contributed by atoms with Crippen LogP contribution in [-0.4, -0.2) is 45.9 Å². The van der Waals surface area contributed by atoms with Crippen LogP contribution in [0.4, 0.5) is 0 Å². The Morgan fingerprint density at radius 3 is 2.67 bits per heavy atom. The zero-order valence-electron chi connectivity index (χ0n) is 18.5. The number of thiazole rings is 1. The van der Waals surface area contributed by atoms with Gasteiger partial charge in [0, 0.05) is 31.1 Å². The van der Waals surface area contributed by atoms with Crippen LogP contribution in [0.3, 0.4) is 0 Å². The van der Waals surface area contributed by atoms with Gasteiger partial charge in [-0.15, -0.1) is 21.5 Å². The third-order valence-electron chi connectivity index (χ3n) is 4.90. The van der Waals surface area contributed by atoms with E-state index in [1.54, 1.807) is 24.3 Å². The number of rotatable bonds is 10. The van der Waals surface area contributed by atoms with Gasteiger partial charge in [-0.05, 0) is 24.6 Å². The molecule has 0 spiro atoms. The lowest BCUT2D eigenvalue weighted by Crippen LogP contribution is -2.27. The van der Waals surface area contributed by atoms with Gasteiger partial charge in [0.2, 0.25) is 0 Å². The molecule has 7 nitrogen and oxygen atoms in total. The average Bonchev–Trinajstić information content (AvgIpc) is 3.46. The summed E-state index contributed by atoms with van der Waals surface area (Å²) in [7, 11) is 1.60. The number of aryl methyl sites for hydroxylation is 1. The van der Waals surface area contributed by atoms with Gasteiger partial charge in [-0.1, -0.05) is 59.8 Å². The van der Waals surface area contributed by atoms with E-state index in [1.807, 2.05) is 18.2 Å². The highest BCUT2D eigenvalue weighted by atomic mass is 32.2. The van der Waals surface area contributed by atoms with Gasteiger partial charge in [-0.3, -0.25) is 9.36 Å². The number of methoxy groups -OCH3 is 1. The highest BCUT2D eigenvalue weighted by Crippen LogP contribution is 2.27. The minimum atomic E-state index is -0.187. The predicted octanol–water partition coefficient (Wildman–Crippen LogP) is 4.29. The summed E-state index contributed by atoms with van der Waals surface area (Å²) in [6, 6.07) is 18.6. The van der Waals surface area contributed by atoms with Crippen LogP contribution in [0, 0.1) is 6.92 Å². The van der Waals surface area contributed by atoms with Crippen molar-refractivity contribution in [1.29, 1.82) is 0 Å². The normalized spacial score (nSPS) is 11.0. The van der Waals surface area contributed by atoms with Crippen molar-refractivity contribution < 1.29 is 9.53 Å². The van der Waals surface area contributed by atoms with E-state index in [0.29, 0.717) is 31.0 Å². The quantitative estimate of drug-likeness (QED) is 0.270. The molecule has 4 aromatic rings. The number of benzene rings is 2. The first-order valence-electron chi connectivity index (χ1n) is 10.5. The first kappa shape index (κ1) is 23.2. The van der Waals surface area contributed by atoms with Crippen molar-refractivity contribution in [2.75, 3.05) is 20.3 Å². The van der Waals surface area contributed by atoms with Crippen molar-refractivity contribution in [2.24, 2.45) is 0 Å². The average molecular weight is 480 g/mol. The fourth-order valence-electron chi connectivity index (χ4n) is 3.20. The minimum Gasteiger partial charge on any atom is -0.383 e. The van der Waals surface area contributed by atoms with Gasteiger partial charge in [0.25, 0.3) is 5.91 Å². The van der Waals surface area contributed by atoms with Gasteiger partial charge < -0.3 is 10.1 Å². The van der Waals surface area contributed by atoms with Crippen LogP contribution in [0.15, 0.2) is 65.1 Å². The number of carbonyl (C=O) groups is 1. The Labute approximate surface area is 201 Å². The predicted molar refractivity (Wildman–Crippen MR) is 131 cm³/mol. The van der Waals surface area contributed by atoms with Gasteiger partial charge in [0.05, 0.1) is 12.4 Å². The Hall–Kier alpha value is -3.01. The minimum absolute atomic E-state index is 0.187. The molecule has 0 fully saturated rings. The monoisotopic (exact) mass is 479 g/mol. The molecule has 0 bridgehead atoms. The van der Waals surface area contributed by atoms with Gasteiger partial charge in [0.1, 0.15) is 16.5 Å².